The second kappa shape index (κ2) is 8.53. The molecule has 0 amide bonds. The van der Waals surface area contributed by atoms with Gasteiger partial charge < -0.3 is 5.11 Å². The summed E-state index contributed by atoms with van der Waals surface area (Å²) in [6.07, 6.45) is 1.33. The van der Waals surface area contributed by atoms with Crippen LogP contribution in [-0.2, 0) is 5.72 Å². The summed E-state index contributed by atoms with van der Waals surface area (Å²) in [5.74, 6) is 0. The van der Waals surface area contributed by atoms with Gasteiger partial charge in [-0.05, 0) is 81.4 Å². The highest BCUT2D eigenvalue weighted by atomic mass is 127. The summed E-state index contributed by atoms with van der Waals surface area (Å²) >= 11 is 4.54. The van der Waals surface area contributed by atoms with Gasteiger partial charge in [0.1, 0.15) is 0 Å². The number of nitrogens with zero attached hydrogens (tertiary/aromatic N) is 2. The summed E-state index contributed by atoms with van der Waals surface area (Å²) in [6, 6.07) is 16.0. The quantitative estimate of drug-likeness (QED) is 0.356. The zero-order chi connectivity index (χ0) is 16.9. The monoisotopic (exact) mass is 534 g/mol. The van der Waals surface area contributed by atoms with Crippen LogP contribution in [0.3, 0.4) is 0 Å². The lowest BCUT2D eigenvalue weighted by molar-refractivity contribution is 0.0323. The SMILES string of the molecule is CCC(N=NC(O)(CC)c1ccc(I)cc1)c1ccc(I)cc1. The van der Waals surface area contributed by atoms with E-state index in [1.807, 2.05) is 31.2 Å². The Hall–Kier alpha value is -0.540. The van der Waals surface area contributed by atoms with Crippen LogP contribution in [0.15, 0.2) is 58.8 Å². The molecule has 0 bridgehead atoms. The molecule has 2 aromatic carbocycles. The summed E-state index contributed by atoms with van der Waals surface area (Å²) < 4.78 is 2.33. The number of aliphatic hydroxyl groups is 1. The van der Waals surface area contributed by atoms with Gasteiger partial charge in [-0.2, -0.15) is 10.2 Å². The molecule has 3 nitrogen and oxygen atoms in total. The van der Waals surface area contributed by atoms with Crippen molar-refractivity contribution in [2.75, 3.05) is 0 Å². The van der Waals surface area contributed by atoms with E-state index in [1.165, 1.54) is 3.57 Å². The molecule has 2 aromatic rings. The number of benzene rings is 2. The highest BCUT2D eigenvalue weighted by Crippen LogP contribution is 2.30. The first-order valence-electron chi connectivity index (χ1n) is 7.64. The Kier molecular flexibility index (Phi) is 6.97. The zero-order valence-corrected chi connectivity index (χ0v) is 17.5. The van der Waals surface area contributed by atoms with Gasteiger partial charge in [0.2, 0.25) is 5.72 Å². The molecule has 0 radical (unpaired) electrons. The molecule has 0 heterocycles. The number of halogens is 2. The first-order valence-corrected chi connectivity index (χ1v) is 9.80. The van der Waals surface area contributed by atoms with Gasteiger partial charge in [-0.15, -0.1) is 0 Å². The van der Waals surface area contributed by atoms with Gasteiger partial charge in [-0.3, -0.25) is 0 Å². The normalized spacial score (nSPS) is 15.5. The van der Waals surface area contributed by atoms with E-state index >= 15 is 0 Å². The van der Waals surface area contributed by atoms with Gasteiger partial charge in [-0.1, -0.05) is 38.1 Å². The van der Waals surface area contributed by atoms with Crippen molar-refractivity contribution in [3.8, 4) is 0 Å². The topological polar surface area (TPSA) is 45.0 Å². The van der Waals surface area contributed by atoms with Crippen LogP contribution >= 0.6 is 45.2 Å². The Morgan fingerprint density at radius 2 is 1.48 bits per heavy atom. The molecule has 0 aliphatic carbocycles. The van der Waals surface area contributed by atoms with Gasteiger partial charge in [0.15, 0.2) is 0 Å². The molecule has 23 heavy (non-hydrogen) atoms. The van der Waals surface area contributed by atoms with Gasteiger partial charge in [-0.25, -0.2) is 0 Å². The lowest BCUT2D eigenvalue weighted by Gasteiger charge is -2.22. The molecular formula is C18H20I2N2O. The van der Waals surface area contributed by atoms with Gasteiger partial charge in [0.05, 0.1) is 6.04 Å². The third-order valence-corrected chi connectivity index (χ3v) is 5.24. The summed E-state index contributed by atoms with van der Waals surface area (Å²) in [6.45, 7) is 4.00. The van der Waals surface area contributed by atoms with Crippen molar-refractivity contribution >= 4 is 45.2 Å². The van der Waals surface area contributed by atoms with Crippen molar-refractivity contribution in [2.24, 2.45) is 10.2 Å². The maximum Gasteiger partial charge on any atom is 0.201 e. The molecule has 2 atom stereocenters. The molecular weight excluding hydrogens is 514 g/mol. The van der Waals surface area contributed by atoms with Crippen molar-refractivity contribution < 1.29 is 5.11 Å². The molecule has 122 valence electrons. The molecule has 0 aromatic heterocycles. The van der Waals surface area contributed by atoms with E-state index in [0.717, 1.165) is 21.1 Å². The molecule has 0 aliphatic rings. The molecule has 0 saturated heterocycles. The van der Waals surface area contributed by atoms with E-state index in [-0.39, 0.29) is 6.04 Å². The Labute approximate surface area is 164 Å². The van der Waals surface area contributed by atoms with Crippen LogP contribution in [-0.4, -0.2) is 5.11 Å². The third kappa shape index (κ3) is 4.96. The Morgan fingerprint density at radius 1 is 0.957 bits per heavy atom. The predicted molar refractivity (Wildman–Crippen MR) is 110 cm³/mol. The number of rotatable bonds is 6. The van der Waals surface area contributed by atoms with Crippen LogP contribution in [0, 0.1) is 7.14 Å². The molecule has 2 rings (SSSR count). The summed E-state index contributed by atoms with van der Waals surface area (Å²) in [7, 11) is 0. The number of hydrogen-bond acceptors (Lipinski definition) is 3. The maximum atomic E-state index is 10.9. The molecule has 5 heteroatoms. The minimum atomic E-state index is -1.26. The van der Waals surface area contributed by atoms with Crippen molar-refractivity contribution in [3.05, 3.63) is 66.8 Å². The third-order valence-electron chi connectivity index (χ3n) is 3.80. The van der Waals surface area contributed by atoms with E-state index in [2.05, 4.69) is 86.6 Å². The average molecular weight is 534 g/mol. The smallest absolute Gasteiger partial charge is 0.201 e. The van der Waals surface area contributed by atoms with Crippen molar-refractivity contribution in [2.45, 2.75) is 38.5 Å². The van der Waals surface area contributed by atoms with E-state index in [9.17, 15) is 5.11 Å². The van der Waals surface area contributed by atoms with Crippen LogP contribution in [0.4, 0.5) is 0 Å². The molecule has 2 unspecified atom stereocenters. The van der Waals surface area contributed by atoms with Crippen molar-refractivity contribution in [3.63, 3.8) is 0 Å². The Bertz CT molecular complexity index is 656. The number of hydrogen-bond donors (Lipinski definition) is 1. The lowest BCUT2D eigenvalue weighted by Crippen LogP contribution is -2.21. The van der Waals surface area contributed by atoms with Crippen LogP contribution in [0.5, 0.6) is 0 Å². The van der Waals surface area contributed by atoms with E-state index in [0.29, 0.717) is 6.42 Å². The fraction of sp³-hybridized carbons (Fsp3) is 0.333. The van der Waals surface area contributed by atoms with E-state index < -0.39 is 5.72 Å². The van der Waals surface area contributed by atoms with Crippen molar-refractivity contribution in [1.82, 2.24) is 0 Å². The van der Waals surface area contributed by atoms with E-state index in [4.69, 9.17) is 0 Å². The fourth-order valence-electron chi connectivity index (χ4n) is 2.28. The second-order valence-corrected chi connectivity index (χ2v) is 7.86. The van der Waals surface area contributed by atoms with Crippen LogP contribution in [0.25, 0.3) is 0 Å². The largest absolute Gasteiger partial charge is 0.364 e. The fourth-order valence-corrected chi connectivity index (χ4v) is 3.00. The van der Waals surface area contributed by atoms with Gasteiger partial charge >= 0.3 is 0 Å². The Balaban J connectivity index is 2.26. The summed E-state index contributed by atoms with van der Waals surface area (Å²) in [5, 5.41) is 19.6. The van der Waals surface area contributed by atoms with E-state index in [1.54, 1.807) is 0 Å². The first kappa shape index (κ1) is 18.8. The highest BCUT2D eigenvalue weighted by molar-refractivity contribution is 14.1. The minimum absolute atomic E-state index is 0.0334. The molecule has 0 saturated carbocycles. The maximum absolute atomic E-state index is 10.9. The number of azo groups is 1. The minimum Gasteiger partial charge on any atom is -0.364 e. The predicted octanol–water partition coefficient (Wildman–Crippen LogP) is 6.05. The summed E-state index contributed by atoms with van der Waals surface area (Å²) in [5.41, 5.74) is 0.639. The molecule has 0 spiro atoms. The highest BCUT2D eigenvalue weighted by Gasteiger charge is 2.27. The standard InChI is InChI=1S/C18H20I2N2O/c1-3-17(13-5-9-15(19)10-6-13)21-22-18(23,4-2)14-7-11-16(20)12-8-14/h5-12,17,23H,3-4H2,1-2H3. The Morgan fingerprint density at radius 3 is 1.96 bits per heavy atom. The lowest BCUT2D eigenvalue weighted by atomic mass is 10.0. The van der Waals surface area contributed by atoms with Crippen molar-refractivity contribution in [1.29, 1.82) is 0 Å². The molecule has 0 fully saturated rings. The zero-order valence-electron chi connectivity index (χ0n) is 13.2. The summed E-state index contributed by atoms with van der Waals surface area (Å²) in [4.78, 5) is 0. The second-order valence-electron chi connectivity index (χ2n) is 5.37. The molecule has 1 N–H and O–H groups in total. The molecule has 0 aliphatic heterocycles. The van der Waals surface area contributed by atoms with Crippen LogP contribution in [0.1, 0.15) is 43.9 Å². The first-order chi connectivity index (χ1) is 11.0. The van der Waals surface area contributed by atoms with Gasteiger partial charge in [0.25, 0.3) is 0 Å². The average Bonchev–Trinajstić information content (AvgIpc) is 2.57. The van der Waals surface area contributed by atoms with Crippen LogP contribution < -0.4 is 0 Å². The van der Waals surface area contributed by atoms with Gasteiger partial charge in [0, 0.05) is 19.1 Å². The van der Waals surface area contributed by atoms with Crippen LogP contribution in [0.2, 0.25) is 0 Å².